The molecule has 84 valence electrons. The molecule has 1 N–H and O–H groups in total. The van der Waals surface area contributed by atoms with Gasteiger partial charge in [0, 0.05) is 6.04 Å². The van der Waals surface area contributed by atoms with Gasteiger partial charge in [0.15, 0.2) is 0 Å². The molecule has 0 aromatic carbocycles. The molecule has 15 heavy (non-hydrogen) atoms. The molecule has 2 unspecified atom stereocenters. The Hall–Kier alpha value is -1.08. The molecule has 0 aromatic rings. The zero-order chi connectivity index (χ0) is 11.3. The van der Waals surface area contributed by atoms with E-state index in [9.17, 15) is 4.79 Å². The molecule has 0 aromatic heterocycles. The molecule has 4 heteroatoms. The molecular weight excluding hydrogens is 192 g/mol. The highest BCUT2D eigenvalue weighted by molar-refractivity contribution is 5.77. The number of amides is 1. The van der Waals surface area contributed by atoms with Gasteiger partial charge in [0.2, 0.25) is 5.91 Å². The van der Waals surface area contributed by atoms with Crippen LogP contribution in [0.15, 0.2) is 0 Å². The van der Waals surface area contributed by atoms with Crippen LogP contribution in [-0.4, -0.2) is 24.7 Å². The van der Waals surface area contributed by atoms with Crippen molar-refractivity contribution in [3.05, 3.63) is 0 Å². The van der Waals surface area contributed by atoms with Crippen LogP contribution in [0.2, 0.25) is 0 Å². The molecule has 2 atom stereocenters. The summed E-state index contributed by atoms with van der Waals surface area (Å²) in [5.41, 5.74) is 0. The van der Waals surface area contributed by atoms with E-state index >= 15 is 0 Å². The fourth-order valence-electron chi connectivity index (χ4n) is 1.78. The van der Waals surface area contributed by atoms with Crippen molar-refractivity contribution in [3.63, 3.8) is 0 Å². The van der Waals surface area contributed by atoms with E-state index in [0.717, 1.165) is 19.3 Å². The second-order valence-electron chi connectivity index (χ2n) is 4.20. The highest BCUT2D eigenvalue weighted by Gasteiger charge is 2.28. The fourth-order valence-corrected chi connectivity index (χ4v) is 1.78. The average Bonchev–Trinajstić information content (AvgIpc) is 2.62. The van der Waals surface area contributed by atoms with Gasteiger partial charge >= 0.3 is 0 Å². The SMILES string of the molecule is CC(C)OCC(=O)NC1CCCC1C#N. The molecule has 0 aliphatic heterocycles. The van der Waals surface area contributed by atoms with Crippen LogP contribution >= 0.6 is 0 Å². The predicted molar refractivity (Wildman–Crippen MR) is 56.0 cm³/mol. The summed E-state index contributed by atoms with van der Waals surface area (Å²) in [6.07, 6.45) is 2.89. The maximum atomic E-state index is 11.4. The maximum Gasteiger partial charge on any atom is 0.246 e. The standard InChI is InChI=1S/C11H18N2O2/c1-8(2)15-7-11(14)13-10-5-3-4-9(10)6-12/h8-10H,3-5,7H2,1-2H3,(H,13,14). The van der Waals surface area contributed by atoms with Gasteiger partial charge in [-0.05, 0) is 33.1 Å². The van der Waals surface area contributed by atoms with Crippen LogP contribution < -0.4 is 5.32 Å². The summed E-state index contributed by atoms with van der Waals surface area (Å²) in [6, 6.07) is 2.25. The molecule has 1 fully saturated rings. The van der Waals surface area contributed by atoms with E-state index < -0.39 is 0 Å². The summed E-state index contributed by atoms with van der Waals surface area (Å²) in [5, 5.41) is 11.7. The van der Waals surface area contributed by atoms with Crippen molar-refractivity contribution in [2.45, 2.75) is 45.3 Å². The number of hydrogen-bond donors (Lipinski definition) is 1. The first-order chi connectivity index (χ1) is 7.13. The molecule has 0 radical (unpaired) electrons. The van der Waals surface area contributed by atoms with Crippen LogP contribution in [-0.2, 0) is 9.53 Å². The summed E-state index contributed by atoms with van der Waals surface area (Å²) in [5.74, 6) is -0.135. The Balaban J connectivity index is 2.28. The lowest BCUT2D eigenvalue weighted by molar-refractivity contribution is -0.127. The Morgan fingerprint density at radius 2 is 2.33 bits per heavy atom. The Kier molecular flexibility index (Phi) is 4.57. The summed E-state index contributed by atoms with van der Waals surface area (Å²) in [4.78, 5) is 11.4. The van der Waals surface area contributed by atoms with Crippen LogP contribution in [0.5, 0.6) is 0 Å². The van der Waals surface area contributed by atoms with Gasteiger partial charge < -0.3 is 10.1 Å². The van der Waals surface area contributed by atoms with Crippen LogP contribution in [0.1, 0.15) is 33.1 Å². The molecule has 0 spiro atoms. The minimum atomic E-state index is -0.115. The second kappa shape index (κ2) is 5.72. The molecule has 1 saturated carbocycles. The first-order valence-electron chi connectivity index (χ1n) is 5.44. The quantitative estimate of drug-likeness (QED) is 0.758. The summed E-state index contributed by atoms with van der Waals surface area (Å²) < 4.78 is 5.19. The topological polar surface area (TPSA) is 62.1 Å². The van der Waals surface area contributed by atoms with Crippen molar-refractivity contribution in [1.82, 2.24) is 5.32 Å². The molecule has 0 heterocycles. The lowest BCUT2D eigenvalue weighted by Gasteiger charge is -2.16. The Bertz CT molecular complexity index is 258. The van der Waals surface area contributed by atoms with E-state index in [1.807, 2.05) is 13.8 Å². The number of carbonyl (C=O) groups excluding carboxylic acids is 1. The van der Waals surface area contributed by atoms with Gasteiger partial charge in [-0.25, -0.2) is 0 Å². The van der Waals surface area contributed by atoms with Gasteiger partial charge in [-0.2, -0.15) is 5.26 Å². The third kappa shape index (κ3) is 3.88. The third-order valence-corrected chi connectivity index (χ3v) is 2.58. The number of hydrogen-bond acceptors (Lipinski definition) is 3. The van der Waals surface area contributed by atoms with E-state index in [-0.39, 0.29) is 30.6 Å². The summed E-state index contributed by atoms with van der Waals surface area (Å²) in [7, 11) is 0. The molecule has 1 aliphatic rings. The Labute approximate surface area is 90.6 Å². The zero-order valence-corrected chi connectivity index (χ0v) is 9.32. The van der Waals surface area contributed by atoms with E-state index in [0.29, 0.717) is 0 Å². The minimum absolute atomic E-state index is 0.0204. The number of nitriles is 1. The molecule has 1 amide bonds. The molecular formula is C11H18N2O2. The molecule has 0 saturated heterocycles. The van der Waals surface area contributed by atoms with E-state index in [1.54, 1.807) is 0 Å². The lowest BCUT2D eigenvalue weighted by atomic mass is 10.1. The highest BCUT2D eigenvalue weighted by Crippen LogP contribution is 2.24. The summed E-state index contributed by atoms with van der Waals surface area (Å²) >= 11 is 0. The molecule has 4 nitrogen and oxygen atoms in total. The monoisotopic (exact) mass is 210 g/mol. The molecule has 1 aliphatic carbocycles. The van der Waals surface area contributed by atoms with E-state index in [4.69, 9.17) is 10.00 Å². The highest BCUT2D eigenvalue weighted by atomic mass is 16.5. The number of ether oxygens (including phenoxy) is 1. The summed E-state index contributed by atoms with van der Waals surface area (Å²) in [6.45, 7) is 3.87. The van der Waals surface area contributed by atoms with Crippen LogP contribution in [0, 0.1) is 17.2 Å². The number of nitrogens with zero attached hydrogens (tertiary/aromatic N) is 1. The fraction of sp³-hybridized carbons (Fsp3) is 0.818. The minimum Gasteiger partial charge on any atom is -0.369 e. The normalized spacial score (nSPS) is 25.2. The number of carbonyl (C=O) groups is 1. The predicted octanol–water partition coefficient (Wildman–Crippen LogP) is 1.22. The van der Waals surface area contributed by atoms with Gasteiger partial charge in [0.05, 0.1) is 18.1 Å². The van der Waals surface area contributed by atoms with Gasteiger partial charge in [-0.3, -0.25) is 4.79 Å². The van der Waals surface area contributed by atoms with Crippen molar-refractivity contribution in [3.8, 4) is 6.07 Å². The number of rotatable bonds is 4. The largest absolute Gasteiger partial charge is 0.369 e. The first kappa shape index (κ1) is 12.0. The zero-order valence-electron chi connectivity index (χ0n) is 9.32. The van der Waals surface area contributed by atoms with E-state index in [2.05, 4.69) is 11.4 Å². The third-order valence-electron chi connectivity index (χ3n) is 2.58. The van der Waals surface area contributed by atoms with Gasteiger partial charge in [-0.1, -0.05) is 0 Å². The van der Waals surface area contributed by atoms with Gasteiger partial charge in [0.1, 0.15) is 6.61 Å². The van der Waals surface area contributed by atoms with Crippen molar-refractivity contribution in [2.75, 3.05) is 6.61 Å². The van der Waals surface area contributed by atoms with Crippen LogP contribution in [0.25, 0.3) is 0 Å². The van der Waals surface area contributed by atoms with Crippen LogP contribution in [0.4, 0.5) is 0 Å². The van der Waals surface area contributed by atoms with Crippen molar-refractivity contribution < 1.29 is 9.53 Å². The first-order valence-corrected chi connectivity index (χ1v) is 5.44. The molecule has 0 bridgehead atoms. The number of nitrogens with one attached hydrogen (secondary N) is 1. The van der Waals surface area contributed by atoms with Gasteiger partial charge in [0.25, 0.3) is 0 Å². The van der Waals surface area contributed by atoms with Crippen molar-refractivity contribution in [1.29, 1.82) is 5.26 Å². The Morgan fingerprint density at radius 1 is 1.60 bits per heavy atom. The van der Waals surface area contributed by atoms with Crippen LogP contribution in [0.3, 0.4) is 0 Å². The van der Waals surface area contributed by atoms with Crippen molar-refractivity contribution in [2.24, 2.45) is 5.92 Å². The van der Waals surface area contributed by atoms with Crippen molar-refractivity contribution >= 4 is 5.91 Å². The maximum absolute atomic E-state index is 11.4. The lowest BCUT2D eigenvalue weighted by Crippen LogP contribution is -2.39. The smallest absolute Gasteiger partial charge is 0.246 e. The van der Waals surface area contributed by atoms with E-state index in [1.165, 1.54) is 0 Å². The van der Waals surface area contributed by atoms with Gasteiger partial charge in [-0.15, -0.1) is 0 Å². The second-order valence-corrected chi connectivity index (χ2v) is 4.20. The Morgan fingerprint density at radius 3 is 2.93 bits per heavy atom. The molecule has 1 rings (SSSR count). The average molecular weight is 210 g/mol.